The highest BCUT2D eigenvalue weighted by molar-refractivity contribution is 7.09. The molecule has 0 saturated heterocycles. The number of halogens is 1. The first-order chi connectivity index (χ1) is 9.58. The highest BCUT2D eigenvalue weighted by atomic mass is 32.1. The summed E-state index contributed by atoms with van der Waals surface area (Å²) < 4.78 is 13.0. The van der Waals surface area contributed by atoms with Crippen LogP contribution in [-0.2, 0) is 16.9 Å². The van der Waals surface area contributed by atoms with Crippen molar-refractivity contribution < 1.29 is 14.3 Å². The summed E-state index contributed by atoms with van der Waals surface area (Å²) in [5.41, 5.74) is -0.636. The van der Waals surface area contributed by atoms with E-state index >= 15 is 0 Å². The number of benzene rings is 1. The van der Waals surface area contributed by atoms with E-state index in [9.17, 15) is 14.3 Å². The lowest BCUT2D eigenvalue weighted by atomic mass is 9.87. The van der Waals surface area contributed by atoms with Crippen LogP contribution in [0.15, 0.2) is 41.8 Å². The number of carboxylic acids is 1. The van der Waals surface area contributed by atoms with Crippen LogP contribution in [0.1, 0.15) is 23.8 Å². The highest BCUT2D eigenvalue weighted by Crippen LogP contribution is 2.27. The smallest absolute Gasteiger partial charge is 0.328 e. The number of aliphatic carboxylic acids is 1. The Hall–Kier alpha value is -1.72. The van der Waals surface area contributed by atoms with E-state index in [0.717, 1.165) is 4.88 Å². The second-order valence-corrected chi connectivity index (χ2v) is 5.54. The fourth-order valence-electron chi connectivity index (χ4n) is 2.17. The minimum atomic E-state index is -1.20. The van der Waals surface area contributed by atoms with Gasteiger partial charge in [-0.25, -0.2) is 9.18 Å². The van der Waals surface area contributed by atoms with Crippen molar-refractivity contribution in [2.75, 3.05) is 0 Å². The lowest BCUT2D eigenvalue weighted by Crippen LogP contribution is -2.48. The van der Waals surface area contributed by atoms with Gasteiger partial charge in [0.25, 0.3) is 0 Å². The van der Waals surface area contributed by atoms with E-state index < -0.39 is 11.5 Å². The van der Waals surface area contributed by atoms with Gasteiger partial charge < -0.3 is 5.11 Å². The minimum Gasteiger partial charge on any atom is -0.480 e. The maximum Gasteiger partial charge on any atom is 0.328 e. The summed E-state index contributed by atoms with van der Waals surface area (Å²) in [7, 11) is 0. The van der Waals surface area contributed by atoms with Crippen molar-refractivity contribution in [3.63, 3.8) is 0 Å². The van der Waals surface area contributed by atoms with Crippen molar-refractivity contribution in [3.05, 3.63) is 58.0 Å². The van der Waals surface area contributed by atoms with Gasteiger partial charge in [0, 0.05) is 11.4 Å². The summed E-state index contributed by atoms with van der Waals surface area (Å²) in [6, 6.07) is 9.49. The number of hydrogen-bond donors (Lipinski definition) is 2. The average Bonchev–Trinajstić information content (AvgIpc) is 2.94. The number of thiophene rings is 1. The van der Waals surface area contributed by atoms with Crippen LogP contribution in [0, 0.1) is 5.82 Å². The first-order valence-corrected chi connectivity index (χ1v) is 7.23. The summed E-state index contributed by atoms with van der Waals surface area (Å²) in [5.74, 6) is -1.33. The maximum atomic E-state index is 13.0. The number of carboxylic acid groups (broad SMARTS) is 1. The quantitative estimate of drug-likeness (QED) is 0.858. The SMILES string of the molecule is CCC(NCc1cccs1)(C(=O)O)c1ccc(F)cc1. The van der Waals surface area contributed by atoms with Gasteiger partial charge in [0.15, 0.2) is 0 Å². The van der Waals surface area contributed by atoms with Gasteiger partial charge in [0.05, 0.1) is 0 Å². The molecule has 0 aliphatic carbocycles. The molecule has 106 valence electrons. The first kappa shape index (κ1) is 14.7. The van der Waals surface area contributed by atoms with E-state index in [1.165, 1.54) is 24.3 Å². The summed E-state index contributed by atoms with van der Waals surface area (Å²) in [4.78, 5) is 12.8. The monoisotopic (exact) mass is 293 g/mol. The fraction of sp³-hybridized carbons (Fsp3) is 0.267. The lowest BCUT2D eigenvalue weighted by Gasteiger charge is -2.30. The second-order valence-electron chi connectivity index (χ2n) is 4.50. The second kappa shape index (κ2) is 6.15. The molecule has 0 saturated carbocycles. The molecule has 1 atom stereocenters. The molecule has 3 nitrogen and oxygen atoms in total. The van der Waals surface area contributed by atoms with Crippen molar-refractivity contribution in [2.24, 2.45) is 0 Å². The van der Waals surface area contributed by atoms with Crippen molar-refractivity contribution >= 4 is 17.3 Å². The summed E-state index contributed by atoms with van der Waals surface area (Å²) >= 11 is 1.57. The predicted octanol–water partition coefficient (Wildman–Crippen LogP) is 3.37. The number of rotatable bonds is 6. The van der Waals surface area contributed by atoms with Crippen molar-refractivity contribution in [1.29, 1.82) is 0 Å². The number of hydrogen-bond acceptors (Lipinski definition) is 3. The molecule has 0 amide bonds. The molecule has 0 aliphatic rings. The average molecular weight is 293 g/mol. The third-order valence-electron chi connectivity index (χ3n) is 3.38. The Balaban J connectivity index is 2.29. The molecular formula is C15H16FNO2S. The van der Waals surface area contributed by atoms with Gasteiger partial charge in [-0.1, -0.05) is 25.1 Å². The van der Waals surface area contributed by atoms with Gasteiger partial charge in [0.1, 0.15) is 11.4 Å². The Kier molecular flexibility index (Phi) is 4.52. The van der Waals surface area contributed by atoms with Gasteiger partial charge in [-0.2, -0.15) is 0 Å². The Morgan fingerprint density at radius 2 is 2.05 bits per heavy atom. The predicted molar refractivity (Wildman–Crippen MR) is 77.2 cm³/mol. The summed E-state index contributed by atoms with van der Waals surface area (Å²) in [5, 5.41) is 14.7. The van der Waals surface area contributed by atoms with Crippen LogP contribution in [0.5, 0.6) is 0 Å². The molecule has 2 aromatic rings. The van der Waals surface area contributed by atoms with Gasteiger partial charge in [-0.3, -0.25) is 5.32 Å². The van der Waals surface area contributed by atoms with Gasteiger partial charge >= 0.3 is 5.97 Å². The third-order valence-corrected chi connectivity index (χ3v) is 4.25. The normalized spacial score (nSPS) is 13.9. The zero-order valence-corrected chi connectivity index (χ0v) is 11.9. The fourth-order valence-corrected chi connectivity index (χ4v) is 2.81. The number of nitrogens with one attached hydrogen (secondary N) is 1. The topological polar surface area (TPSA) is 49.3 Å². The van der Waals surface area contributed by atoms with Crippen LogP contribution in [0.2, 0.25) is 0 Å². The van der Waals surface area contributed by atoms with Crippen molar-refractivity contribution in [1.82, 2.24) is 5.32 Å². The van der Waals surface area contributed by atoms with Gasteiger partial charge in [-0.15, -0.1) is 11.3 Å². The van der Waals surface area contributed by atoms with Crippen LogP contribution in [-0.4, -0.2) is 11.1 Å². The molecule has 1 aromatic carbocycles. The molecule has 2 N–H and O–H groups in total. The Bertz CT molecular complexity index is 568. The van der Waals surface area contributed by atoms with E-state index in [0.29, 0.717) is 18.5 Å². The Morgan fingerprint density at radius 3 is 2.55 bits per heavy atom. The lowest BCUT2D eigenvalue weighted by molar-refractivity contribution is -0.145. The third kappa shape index (κ3) is 2.89. The molecule has 0 bridgehead atoms. The molecule has 1 heterocycles. The molecule has 20 heavy (non-hydrogen) atoms. The zero-order chi connectivity index (χ0) is 14.6. The van der Waals surface area contributed by atoms with E-state index in [4.69, 9.17) is 0 Å². The van der Waals surface area contributed by atoms with Crippen LogP contribution < -0.4 is 5.32 Å². The molecule has 1 aromatic heterocycles. The molecule has 5 heteroatoms. The summed E-state index contributed by atoms with van der Waals surface area (Å²) in [6.07, 6.45) is 0.374. The van der Waals surface area contributed by atoms with E-state index in [1.807, 2.05) is 17.5 Å². The maximum absolute atomic E-state index is 13.0. The Morgan fingerprint density at radius 1 is 1.35 bits per heavy atom. The van der Waals surface area contributed by atoms with E-state index in [-0.39, 0.29) is 5.82 Å². The largest absolute Gasteiger partial charge is 0.480 e. The van der Waals surface area contributed by atoms with E-state index in [2.05, 4.69) is 5.32 Å². The standard InChI is InChI=1S/C15H16FNO2S/c1-2-15(14(18)19,11-5-7-12(16)8-6-11)17-10-13-4-3-9-20-13/h3-9,17H,2,10H2,1H3,(H,18,19). The molecule has 2 rings (SSSR count). The molecule has 0 fully saturated rings. The van der Waals surface area contributed by atoms with Crippen LogP contribution in [0.25, 0.3) is 0 Å². The zero-order valence-electron chi connectivity index (χ0n) is 11.1. The highest BCUT2D eigenvalue weighted by Gasteiger charge is 2.38. The first-order valence-electron chi connectivity index (χ1n) is 6.35. The van der Waals surface area contributed by atoms with Gasteiger partial charge in [0.2, 0.25) is 0 Å². The van der Waals surface area contributed by atoms with E-state index in [1.54, 1.807) is 18.3 Å². The minimum absolute atomic E-state index is 0.373. The number of carbonyl (C=O) groups is 1. The van der Waals surface area contributed by atoms with Crippen molar-refractivity contribution in [2.45, 2.75) is 25.4 Å². The van der Waals surface area contributed by atoms with Crippen LogP contribution >= 0.6 is 11.3 Å². The molecule has 0 aliphatic heterocycles. The van der Waals surface area contributed by atoms with Crippen molar-refractivity contribution in [3.8, 4) is 0 Å². The molecular weight excluding hydrogens is 277 g/mol. The molecule has 1 unspecified atom stereocenters. The molecule has 0 spiro atoms. The van der Waals surface area contributed by atoms with Crippen LogP contribution in [0.4, 0.5) is 4.39 Å². The molecule has 0 radical (unpaired) electrons. The Labute approximate surface area is 121 Å². The van der Waals surface area contributed by atoms with Gasteiger partial charge in [-0.05, 0) is 35.6 Å². The summed E-state index contributed by atoms with van der Waals surface area (Å²) in [6.45, 7) is 2.27. The van der Waals surface area contributed by atoms with Crippen LogP contribution in [0.3, 0.4) is 0 Å².